The highest BCUT2D eigenvalue weighted by Crippen LogP contribution is 2.20. The number of aromatic nitrogens is 1. The molecule has 0 aliphatic heterocycles. The van der Waals surface area contributed by atoms with Gasteiger partial charge in [-0.2, -0.15) is 0 Å². The van der Waals surface area contributed by atoms with Gasteiger partial charge in [-0.05, 0) is 48.5 Å². The van der Waals surface area contributed by atoms with E-state index in [0.29, 0.717) is 22.8 Å². The molecule has 0 unspecified atom stereocenters. The Hall–Kier alpha value is -3.54. The first kappa shape index (κ1) is 18.3. The van der Waals surface area contributed by atoms with Crippen LogP contribution in [0, 0.1) is 0 Å². The molecule has 6 nitrogen and oxygen atoms in total. The number of hydrogen-bond acceptors (Lipinski definition) is 5. The van der Waals surface area contributed by atoms with E-state index < -0.39 is 0 Å². The monoisotopic (exact) mass is 362 g/mol. The Morgan fingerprint density at radius 1 is 1.00 bits per heavy atom. The summed E-state index contributed by atoms with van der Waals surface area (Å²) in [6.07, 6.45) is 1.55. The van der Waals surface area contributed by atoms with Crippen molar-refractivity contribution < 1.29 is 9.53 Å². The standard InChI is InChI=1S/C21H22N4O2/c1-25(2)18-10-8-16(9-11-18)23-20-12-7-15(14-22-20)21(26)24-17-5-4-6-19(13-17)27-3/h4-14H,1-3H3,(H,22,23)(H,24,26). The van der Waals surface area contributed by atoms with Crippen LogP contribution in [0.3, 0.4) is 0 Å². The second kappa shape index (κ2) is 8.23. The Kier molecular flexibility index (Phi) is 5.56. The molecule has 0 saturated carbocycles. The zero-order chi connectivity index (χ0) is 19.2. The largest absolute Gasteiger partial charge is 0.497 e. The SMILES string of the molecule is COc1cccc(NC(=O)c2ccc(Nc3ccc(N(C)C)cc3)nc2)c1. The Balaban J connectivity index is 1.64. The minimum Gasteiger partial charge on any atom is -0.497 e. The van der Waals surface area contributed by atoms with Crippen LogP contribution in [0.5, 0.6) is 5.75 Å². The van der Waals surface area contributed by atoms with E-state index in [1.165, 1.54) is 0 Å². The molecular formula is C21H22N4O2. The molecule has 138 valence electrons. The molecule has 0 aliphatic carbocycles. The highest BCUT2D eigenvalue weighted by molar-refractivity contribution is 6.04. The molecule has 2 N–H and O–H groups in total. The molecule has 0 radical (unpaired) electrons. The predicted octanol–water partition coefficient (Wildman–Crippen LogP) is 4.15. The number of carbonyl (C=O) groups is 1. The lowest BCUT2D eigenvalue weighted by Gasteiger charge is -2.13. The van der Waals surface area contributed by atoms with E-state index >= 15 is 0 Å². The summed E-state index contributed by atoms with van der Waals surface area (Å²) in [7, 11) is 5.59. The molecule has 0 bridgehead atoms. The maximum atomic E-state index is 12.4. The van der Waals surface area contributed by atoms with Gasteiger partial charge in [0.1, 0.15) is 11.6 Å². The molecule has 0 aliphatic rings. The van der Waals surface area contributed by atoms with Crippen molar-refractivity contribution in [3.05, 3.63) is 72.4 Å². The van der Waals surface area contributed by atoms with Crippen LogP contribution in [-0.2, 0) is 0 Å². The number of methoxy groups -OCH3 is 1. The maximum Gasteiger partial charge on any atom is 0.257 e. The van der Waals surface area contributed by atoms with Crippen molar-refractivity contribution in [2.24, 2.45) is 0 Å². The number of pyridine rings is 1. The average molecular weight is 362 g/mol. The Bertz CT molecular complexity index is 906. The van der Waals surface area contributed by atoms with E-state index in [9.17, 15) is 4.79 Å². The Morgan fingerprint density at radius 3 is 2.41 bits per heavy atom. The minimum atomic E-state index is -0.224. The van der Waals surface area contributed by atoms with Crippen LogP contribution in [-0.4, -0.2) is 32.1 Å². The van der Waals surface area contributed by atoms with Crippen LogP contribution in [0.1, 0.15) is 10.4 Å². The molecule has 0 fully saturated rings. The summed E-state index contributed by atoms with van der Waals surface area (Å²) < 4.78 is 5.16. The summed E-state index contributed by atoms with van der Waals surface area (Å²) in [6.45, 7) is 0. The lowest BCUT2D eigenvalue weighted by atomic mass is 10.2. The van der Waals surface area contributed by atoms with Crippen molar-refractivity contribution in [2.75, 3.05) is 36.7 Å². The molecule has 3 aromatic rings. The van der Waals surface area contributed by atoms with Crippen LogP contribution in [0.2, 0.25) is 0 Å². The van der Waals surface area contributed by atoms with Crippen molar-refractivity contribution in [1.29, 1.82) is 0 Å². The minimum absolute atomic E-state index is 0.224. The average Bonchev–Trinajstić information content (AvgIpc) is 2.69. The molecule has 0 saturated heterocycles. The van der Waals surface area contributed by atoms with Crippen LogP contribution < -0.4 is 20.3 Å². The smallest absolute Gasteiger partial charge is 0.257 e. The molecule has 27 heavy (non-hydrogen) atoms. The third-order valence-electron chi connectivity index (χ3n) is 4.01. The molecular weight excluding hydrogens is 340 g/mol. The van der Waals surface area contributed by atoms with Gasteiger partial charge in [0.05, 0.1) is 12.7 Å². The summed E-state index contributed by atoms with van der Waals surface area (Å²) in [6, 6.07) is 18.8. The van der Waals surface area contributed by atoms with Crippen molar-refractivity contribution in [3.63, 3.8) is 0 Å². The van der Waals surface area contributed by atoms with Gasteiger partial charge in [0.2, 0.25) is 0 Å². The zero-order valence-corrected chi connectivity index (χ0v) is 15.6. The van der Waals surface area contributed by atoms with Gasteiger partial charge < -0.3 is 20.3 Å². The van der Waals surface area contributed by atoms with E-state index in [0.717, 1.165) is 11.4 Å². The van der Waals surface area contributed by atoms with Crippen molar-refractivity contribution in [2.45, 2.75) is 0 Å². The van der Waals surface area contributed by atoms with Crippen LogP contribution in [0.25, 0.3) is 0 Å². The lowest BCUT2D eigenvalue weighted by molar-refractivity contribution is 0.102. The number of anilines is 4. The summed E-state index contributed by atoms with van der Waals surface area (Å²) >= 11 is 0. The molecule has 2 aromatic carbocycles. The van der Waals surface area contributed by atoms with Crippen LogP contribution >= 0.6 is 0 Å². The maximum absolute atomic E-state index is 12.4. The number of rotatable bonds is 6. The van der Waals surface area contributed by atoms with Gasteiger partial charge in [-0.1, -0.05) is 6.07 Å². The third kappa shape index (κ3) is 4.76. The number of nitrogens with zero attached hydrogens (tertiary/aromatic N) is 2. The fourth-order valence-corrected chi connectivity index (χ4v) is 2.50. The van der Waals surface area contributed by atoms with Gasteiger partial charge in [0.15, 0.2) is 0 Å². The number of hydrogen-bond donors (Lipinski definition) is 2. The van der Waals surface area contributed by atoms with E-state index in [-0.39, 0.29) is 5.91 Å². The number of ether oxygens (including phenoxy) is 1. The number of carbonyl (C=O) groups excluding carboxylic acids is 1. The fourth-order valence-electron chi connectivity index (χ4n) is 2.50. The van der Waals surface area contributed by atoms with E-state index in [1.54, 1.807) is 37.6 Å². The van der Waals surface area contributed by atoms with Crippen molar-refractivity contribution >= 4 is 28.8 Å². The first-order valence-corrected chi connectivity index (χ1v) is 8.51. The summed E-state index contributed by atoms with van der Waals surface area (Å²) in [4.78, 5) is 18.7. The number of nitrogens with one attached hydrogen (secondary N) is 2. The fraction of sp³-hybridized carbons (Fsp3) is 0.143. The first-order valence-electron chi connectivity index (χ1n) is 8.51. The zero-order valence-electron chi connectivity index (χ0n) is 15.6. The van der Waals surface area contributed by atoms with E-state index in [1.807, 2.05) is 55.4 Å². The number of benzene rings is 2. The highest BCUT2D eigenvalue weighted by atomic mass is 16.5. The van der Waals surface area contributed by atoms with E-state index in [4.69, 9.17) is 4.74 Å². The van der Waals surface area contributed by atoms with E-state index in [2.05, 4.69) is 15.6 Å². The topological polar surface area (TPSA) is 66.5 Å². The molecule has 1 aromatic heterocycles. The molecule has 0 atom stereocenters. The van der Waals surface area contributed by atoms with Gasteiger partial charge >= 0.3 is 0 Å². The van der Waals surface area contributed by atoms with Gasteiger partial charge in [0, 0.05) is 43.4 Å². The van der Waals surface area contributed by atoms with Crippen LogP contribution in [0.15, 0.2) is 66.9 Å². The quantitative estimate of drug-likeness (QED) is 0.689. The predicted molar refractivity (Wildman–Crippen MR) is 109 cm³/mol. The highest BCUT2D eigenvalue weighted by Gasteiger charge is 2.08. The van der Waals surface area contributed by atoms with Gasteiger partial charge in [-0.15, -0.1) is 0 Å². The summed E-state index contributed by atoms with van der Waals surface area (Å²) in [5, 5.41) is 6.06. The second-order valence-electron chi connectivity index (χ2n) is 6.18. The van der Waals surface area contributed by atoms with Gasteiger partial charge in [0.25, 0.3) is 5.91 Å². The molecule has 0 spiro atoms. The molecule has 1 heterocycles. The third-order valence-corrected chi connectivity index (χ3v) is 4.01. The molecule has 1 amide bonds. The lowest BCUT2D eigenvalue weighted by Crippen LogP contribution is -2.12. The Morgan fingerprint density at radius 2 is 1.78 bits per heavy atom. The number of amides is 1. The first-order chi connectivity index (χ1) is 13.0. The molecule has 6 heteroatoms. The summed E-state index contributed by atoms with van der Waals surface area (Å²) in [5.41, 5.74) is 3.20. The van der Waals surface area contributed by atoms with Crippen LogP contribution in [0.4, 0.5) is 22.9 Å². The van der Waals surface area contributed by atoms with Gasteiger partial charge in [-0.25, -0.2) is 4.98 Å². The van der Waals surface area contributed by atoms with Crippen molar-refractivity contribution in [1.82, 2.24) is 4.98 Å². The molecule has 3 rings (SSSR count). The van der Waals surface area contributed by atoms with Crippen molar-refractivity contribution in [3.8, 4) is 5.75 Å². The normalized spacial score (nSPS) is 10.2. The van der Waals surface area contributed by atoms with Gasteiger partial charge in [-0.3, -0.25) is 4.79 Å². The second-order valence-corrected chi connectivity index (χ2v) is 6.18. The summed E-state index contributed by atoms with van der Waals surface area (Å²) in [5.74, 6) is 1.13. The Labute approximate surface area is 158 Å².